The Balaban J connectivity index is 1.21. The van der Waals surface area contributed by atoms with E-state index >= 15 is 0 Å². The normalized spacial score (nSPS) is 17.9. The van der Waals surface area contributed by atoms with Crippen LogP contribution in [0, 0.1) is 0 Å². The second-order valence-corrected chi connectivity index (χ2v) is 9.72. The van der Waals surface area contributed by atoms with Gasteiger partial charge in [-0.1, -0.05) is 73.7 Å². The Morgan fingerprint density at radius 1 is 0.743 bits per heavy atom. The number of anilines is 1. The van der Waals surface area contributed by atoms with Gasteiger partial charge in [0, 0.05) is 29.6 Å². The molecular weight excluding hydrogens is 430 g/mol. The van der Waals surface area contributed by atoms with Crippen LogP contribution >= 0.6 is 0 Å². The third-order valence-electron chi connectivity index (χ3n) is 7.50. The maximum atomic E-state index is 6.26. The molecule has 0 fully saturated rings. The minimum Gasteiger partial charge on any atom is -0.493 e. The zero-order valence-corrected chi connectivity index (χ0v) is 20.2. The Morgan fingerprint density at radius 3 is 2.14 bits per heavy atom. The van der Waals surface area contributed by atoms with Crippen molar-refractivity contribution in [3.63, 3.8) is 0 Å². The van der Waals surface area contributed by atoms with E-state index in [1.165, 1.54) is 33.5 Å². The van der Waals surface area contributed by atoms with Crippen molar-refractivity contribution in [3.05, 3.63) is 125 Å². The molecule has 0 amide bonds. The molecule has 0 saturated heterocycles. The molecule has 2 aliphatic heterocycles. The average Bonchev–Trinajstić information content (AvgIpc) is 3.15. The molecule has 35 heavy (non-hydrogen) atoms. The molecule has 0 spiro atoms. The average molecular weight is 462 g/mol. The van der Waals surface area contributed by atoms with E-state index in [4.69, 9.17) is 9.47 Å². The Bertz CT molecular complexity index is 1300. The molecule has 4 aromatic rings. The SMILES string of the molecule is CC(c1ccc2c(c1)CCC(c1ccccc1)CO2)c1ccc2c(c1)CN(c1ccccc1)CO2. The van der Waals surface area contributed by atoms with Gasteiger partial charge < -0.3 is 14.4 Å². The van der Waals surface area contributed by atoms with Crippen LogP contribution in [0.15, 0.2) is 97.1 Å². The number of fused-ring (bicyclic) bond motifs is 2. The van der Waals surface area contributed by atoms with E-state index in [0.29, 0.717) is 18.6 Å². The molecule has 2 unspecified atom stereocenters. The van der Waals surface area contributed by atoms with Crippen LogP contribution in [0.3, 0.4) is 0 Å². The maximum Gasteiger partial charge on any atom is 0.161 e. The fraction of sp³-hybridized carbons (Fsp3) is 0.250. The van der Waals surface area contributed by atoms with Crippen LogP contribution in [-0.4, -0.2) is 13.3 Å². The third kappa shape index (κ3) is 4.51. The molecule has 176 valence electrons. The van der Waals surface area contributed by atoms with Gasteiger partial charge in [0.25, 0.3) is 0 Å². The number of benzene rings is 4. The number of hydrogen-bond donors (Lipinski definition) is 0. The zero-order valence-electron chi connectivity index (χ0n) is 20.2. The van der Waals surface area contributed by atoms with Crippen molar-refractivity contribution in [2.45, 2.75) is 38.1 Å². The molecule has 2 aliphatic rings. The molecule has 2 atom stereocenters. The number of ether oxygens (including phenoxy) is 2. The summed E-state index contributed by atoms with van der Waals surface area (Å²) in [5.41, 5.74) is 7.78. The third-order valence-corrected chi connectivity index (χ3v) is 7.50. The summed E-state index contributed by atoms with van der Waals surface area (Å²) in [6.07, 6.45) is 2.15. The Hall–Kier alpha value is -3.72. The molecule has 0 N–H and O–H groups in total. The molecule has 3 nitrogen and oxygen atoms in total. The maximum absolute atomic E-state index is 6.26. The minimum atomic E-state index is 0.297. The van der Waals surface area contributed by atoms with E-state index in [0.717, 1.165) is 37.5 Å². The van der Waals surface area contributed by atoms with E-state index in [-0.39, 0.29) is 0 Å². The first-order valence-corrected chi connectivity index (χ1v) is 12.6. The van der Waals surface area contributed by atoms with Crippen molar-refractivity contribution in [3.8, 4) is 11.5 Å². The summed E-state index contributed by atoms with van der Waals surface area (Å²) < 4.78 is 12.3. The highest BCUT2D eigenvalue weighted by Crippen LogP contribution is 2.36. The zero-order chi connectivity index (χ0) is 23.6. The van der Waals surface area contributed by atoms with Crippen molar-refractivity contribution < 1.29 is 9.47 Å². The standard InChI is InChI=1S/C32H31NO2/c1-23(26-15-17-32-29(19-26)20-33(22-35-32)30-10-6-3-7-11-30)25-14-16-31-27(18-25)12-13-28(21-34-31)24-8-4-2-5-9-24/h2-11,14-19,23,28H,12-13,20-22H2,1H3. The van der Waals surface area contributed by atoms with Gasteiger partial charge in [-0.25, -0.2) is 0 Å². The molecule has 6 rings (SSSR count). The monoisotopic (exact) mass is 461 g/mol. The first-order chi connectivity index (χ1) is 17.2. The molecule has 0 aliphatic carbocycles. The number of aryl methyl sites for hydroxylation is 1. The summed E-state index contributed by atoms with van der Waals surface area (Å²) in [6.45, 7) is 4.49. The van der Waals surface area contributed by atoms with Crippen molar-refractivity contribution >= 4 is 5.69 Å². The fourth-order valence-corrected chi connectivity index (χ4v) is 5.33. The van der Waals surface area contributed by atoms with Crippen LogP contribution in [-0.2, 0) is 13.0 Å². The van der Waals surface area contributed by atoms with E-state index < -0.39 is 0 Å². The summed E-state index contributed by atoms with van der Waals surface area (Å²) in [5, 5.41) is 0. The number of para-hydroxylation sites is 1. The second-order valence-electron chi connectivity index (χ2n) is 9.72. The van der Waals surface area contributed by atoms with Gasteiger partial charge in [0.2, 0.25) is 0 Å². The van der Waals surface area contributed by atoms with Gasteiger partial charge in [-0.3, -0.25) is 0 Å². The summed E-state index contributed by atoms with van der Waals surface area (Å²) in [7, 11) is 0. The number of rotatable bonds is 4. The predicted molar refractivity (Wildman–Crippen MR) is 142 cm³/mol. The lowest BCUT2D eigenvalue weighted by Crippen LogP contribution is -2.31. The molecule has 3 heteroatoms. The van der Waals surface area contributed by atoms with E-state index in [2.05, 4.69) is 109 Å². The highest BCUT2D eigenvalue weighted by atomic mass is 16.5. The number of nitrogens with zero attached hydrogens (tertiary/aromatic N) is 1. The highest BCUT2D eigenvalue weighted by Gasteiger charge is 2.22. The second kappa shape index (κ2) is 9.50. The van der Waals surface area contributed by atoms with Gasteiger partial charge >= 0.3 is 0 Å². The summed E-state index contributed by atoms with van der Waals surface area (Å²) in [6, 6.07) is 34.7. The van der Waals surface area contributed by atoms with Crippen LogP contribution in [0.1, 0.15) is 53.0 Å². The van der Waals surface area contributed by atoms with Gasteiger partial charge in [0.05, 0.1) is 6.61 Å². The summed E-state index contributed by atoms with van der Waals surface area (Å²) in [4.78, 5) is 2.28. The van der Waals surface area contributed by atoms with Crippen LogP contribution in [0.4, 0.5) is 5.69 Å². The van der Waals surface area contributed by atoms with Crippen LogP contribution in [0.5, 0.6) is 11.5 Å². The fourth-order valence-electron chi connectivity index (χ4n) is 5.33. The molecule has 0 saturated carbocycles. The van der Waals surface area contributed by atoms with Gasteiger partial charge in [0.15, 0.2) is 6.73 Å². The first kappa shape index (κ1) is 21.8. The topological polar surface area (TPSA) is 21.7 Å². The Kier molecular flexibility index (Phi) is 5.91. The minimum absolute atomic E-state index is 0.297. The highest BCUT2D eigenvalue weighted by molar-refractivity contribution is 5.51. The van der Waals surface area contributed by atoms with Gasteiger partial charge in [-0.2, -0.15) is 0 Å². The summed E-state index contributed by atoms with van der Waals surface area (Å²) in [5.74, 6) is 2.77. The van der Waals surface area contributed by atoms with Crippen LogP contribution in [0.25, 0.3) is 0 Å². The van der Waals surface area contributed by atoms with Crippen LogP contribution in [0.2, 0.25) is 0 Å². The van der Waals surface area contributed by atoms with Gasteiger partial charge in [0.1, 0.15) is 11.5 Å². The Morgan fingerprint density at radius 2 is 1.40 bits per heavy atom. The van der Waals surface area contributed by atoms with Gasteiger partial charge in [-0.05, 0) is 65.4 Å². The molecule has 0 radical (unpaired) electrons. The van der Waals surface area contributed by atoms with Crippen molar-refractivity contribution in [2.75, 3.05) is 18.2 Å². The lowest BCUT2D eigenvalue weighted by atomic mass is 9.89. The molecule has 2 heterocycles. The van der Waals surface area contributed by atoms with E-state index in [9.17, 15) is 0 Å². The summed E-state index contributed by atoms with van der Waals surface area (Å²) >= 11 is 0. The van der Waals surface area contributed by atoms with Crippen molar-refractivity contribution in [2.24, 2.45) is 0 Å². The quantitative estimate of drug-likeness (QED) is 0.318. The van der Waals surface area contributed by atoms with Crippen molar-refractivity contribution in [1.29, 1.82) is 0 Å². The molecule has 0 bridgehead atoms. The predicted octanol–water partition coefficient (Wildman–Crippen LogP) is 7.30. The lowest BCUT2D eigenvalue weighted by molar-refractivity contribution is 0.289. The molecule has 4 aromatic carbocycles. The van der Waals surface area contributed by atoms with Crippen molar-refractivity contribution in [1.82, 2.24) is 0 Å². The van der Waals surface area contributed by atoms with E-state index in [1.54, 1.807) is 0 Å². The first-order valence-electron chi connectivity index (χ1n) is 12.6. The number of hydrogen-bond acceptors (Lipinski definition) is 3. The Labute approximate surface area is 207 Å². The smallest absolute Gasteiger partial charge is 0.161 e. The van der Waals surface area contributed by atoms with Gasteiger partial charge in [-0.15, -0.1) is 0 Å². The molecule has 0 aromatic heterocycles. The van der Waals surface area contributed by atoms with E-state index in [1.807, 2.05) is 0 Å². The lowest BCUT2D eigenvalue weighted by Gasteiger charge is -2.31. The molecular formula is C32H31NO2. The largest absolute Gasteiger partial charge is 0.493 e. The van der Waals surface area contributed by atoms with Crippen LogP contribution < -0.4 is 14.4 Å².